The molecule has 0 aliphatic rings. The highest BCUT2D eigenvalue weighted by Crippen LogP contribution is 2.27. The molecule has 0 aliphatic carbocycles. The number of carbonyl (C=O) groups is 1. The standard InChI is InChI=1S/C13H12N2O2S/c1-17-13(16)15-10-4-6-11(7-5-10)18-12-3-2-8-14-9-12/h2-9H,1H3,(H,15,16). The molecule has 0 fully saturated rings. The number of benzene rings is 1. The summed E-state index contributed by atoms with van der Waals surface area (Å²) >= 11 is 1.61. The molecule has 1 aromatic heterocycles. The van der Waals surface area contributed by atoms with E-state index in [2.05, 4.69) is 15.0 Å². The van der Waals surface area contributed by atoms with Gasteiger partial charge in [-0.3, -0.25) is 10.3 Å². The van der Waals surface area contributed by atoms with Crippen LogP contribution in [0.1, 0.15) is 0 Å². The topological polar surface area (TPSA) is 51.2 Å². The van der Waals surface area contributed by atoms with Crippen LogP contribution < -0.4 is 5.32 Å². The molecular weight excluding hydrogens is 248 g/mol. The summed E-state index contributed by atoms with van der Waals surface area (Å²) in [4.78, 5) is 17.2. The molecule has 1 amide bonds. The number of aromatic nitrogens is 1. The van der Waals surface area contributed by atoms with Gasteiger partial charge in [0.1, 0.15) is 0 Å². The summed E-state index contributed by atoms with van der Waals surface area (Å²) in [6.07, 6.45) is 3.08. The minimum atomic E-state index is -0.470. The van der Waals surface area contributed by atoms with E-state index in [9.17, 15) is 4.79 Å². The number of nitrogens with one attached hydrogen (secondary N) is 1. The lowest BCUT2D eigenvalue weighted by atomic mass is 10.3. The maximum atomic E-state index is 11.0. The fourth-order valence-corrected chi connectivity index (χ4v) is 2.12. The van der Waals surface area contributed by atoms with Crippen molar-refractivity contribution in [2.24, 2.45) is 0 Å². The van der Waals surface area contributed by atoms with E-state index in [1.165, 1.54) is 7.11 Å². The molecule has 92 valence electrons. The average Bonchev–Trinajstić information content (AvgIpc) is 2.42. The van der Waals surface area contributed by atoms with E-state index < -0.39 is 6.09 Å². The molecule has 2 aromatic rings. The first kappa shape index (κ1) is 12.4. The van der Waals surface area contributed by atoms with E-state index in [4.69, 9.17) is 0 Å². The van der Waals surface area contributed by atoms with Gasteiger partial charge >= 0.3 is 6.09 Å². The molecule has 0 atom stereocenters. The van der Waals surface area contributed by atoms with Crippen molar-refractivity contribution in [2.45, 2.75) is 9.79 Å². The van der Waals surface area contributed by atoms with Gasteiger partial charge in [-0.15, -0.1) is 0 Å². The van der Waals surface area contributed by atoms with Crippen LogP contribution in [0.4, 0.5) is 10.5 Å². The number of ether oxygens (including phenoxy) is 1. The number of rotatable bonds is 3. The summed E-state index contributed by atoms with van der Waals surface area (Å²) in [5.74, 6) is 0. The van der Waals surface area contributed by atoms with Crippen molar-refractivity contribution in [3.05, 3.63) is 48.8 Å². The highest BCUT2D eigenvalue weighted by atomic mass is 32.2. The lowest BCUT2D eigenvalue weighted by Crippen LogP contribution is -2.10. The van der Waals surface area contributed by atoms with Crippen LogP contribution in [0.2, 0.25) is 0 Å². The molecule has 0 saturated carbocycles. The monoisotopic (exact) mass is 260 g/mol. The highest BCUT2D eigenvalue weighted by Gasteiger charge is 2.01. The normalized spacial score (nSPS) is 9.83. The van der Waals surface area contributed by atoms with Crippen LogP contribution >= 0.6 is 11.8 Å². The Morgan fingerprint density at radius 3 is 2.61 bits per heavy atom. The second-order valence-corrected chi connectivity index (χ2v) is 4.58. The van der Waals surface area contributed by atoms with Crippen LogP contribution in [0.15, 0.2) is 58.6 Å². The minimum Gasteiger partial charge on any atom is -0.453 e. The molecule has 0 aliphatic heterocycles. The van der Waals surface area contributed by atoms with Crippen LogP contribution in [0, 0.1) is 0 Å². The number of hydrogen-bond donors (Lipinski definition) is 1. The van der Waals surface area contributed by atoms with Gasteiger partial charge in [-0.25, -0.2) is 4.79 Å². The Bertz CT molecular complexity index is 514. The lowest BCUT2D eigenvalue weighted by Gasteiger charge is -2.05. The summed E-state index contributed by atoms with van der Waals surface area (Å²) in [6.45, 7) is 0. The fourth-order valence-electron chi connectivity index (χ4n) is 1.32. The summed E-state index contributed by atoms with van der Waals surface area (Å²) in [5.41, 5.74) is 0.706. The number of amides is 1. The quantitative estimate of drug-likeness (QED) is 0.918. The van der Waals surface area contributed by atoms with Crippen molar-refractivity contribution < 1.29 is 9.53 Å². The Labute approximate surface area is 109 Å². The molecule has 4 nitrogen and oxygen atoms in total. The van der Waals surface area contributed by atoms with Crippen LogP contribution in [-0.2, 0) is 4.74 Å². The predicted molar refractivity (Wildman–Crippen MR) is 70.8 cm³/mol. The first-order valence-electron chi connectivity index (χ1n) is 5.31. The van der Waals surface area contributed by atoms with Crippen molar-refractivity contribution in [3.63, 3.8) is 0 Å². The predicted octanol–water partition coefficient (Wildman–Crippen LogP) is 3.41. The van der Waals surface area contributed by atoms with E-state index in [1.54, 1.807) is 18.0 Å². The summed E-state index contributed by atoms with van der Waals surface area (Å²) < 4.78 is 4.52. The summed E-state index contributed by atoms with van der Waals surface area (Å²) in [7, 11) is 1.34. The van der Waals surface area contributed by atoms with Crippen molar-refractivity contribution in [3.8, 4) is 0 Å². The van der Waals surface area contributed by atoms with Gasteiger partial charge in [0.05, 0.1) is 7.11 Å². The van der Waals surface area contributed by atoms with Gasteiger partial charge < -0.3 is 4.74 Å². The molecule has 0 radical (unpaired) electrons. The van der Waals surface area contributed by atoms with Crippen LogP contribution in [0.5, 0.6) is 0 Å². The zero-order valence-electron chi connectivity index (χ0n) is 9.79. The highest BCUT2D eigenvalue weighted by molar-refractivity contribution is 7.99. The lowest BCUT2D eigenvalue weighted by molar-refractivity contribution is 0.187. The first-order valence-corrected chi connectivity index (χ1v) is 6.12. The maximum absolute atomic E-state index is 11.0. The Balaban J connectivity index is 2.02. The number of pyridine rings is 1. The van der Waals surface area contributed by atoms with Gasteiger partial charge in [-0.1, -0.05) is 11.8 Å². The summed E-state index contributed by atoms with van der Waals surface area (Å²) in [6, 6.07) is 11.4. The van der Waals surface area contributed by atoms with E-state index in [0.29, 0.717) is 5.69 Å². The van der Waals surface area contributed by atoms with Crippen molar-refractivity contribution >= 4 is 23.5 Å². The second-order valence-electron chi connectivity index (χ2n) is 3.43. The van der Waals surface area contributed by atoms with Crippen LogP contribution in [0.25, 0.3) is 0 Å². The van der Waals surface area contributed by atoms with E-state index in [-0.39, 0.29) is 0 Å². The van der Waals surface area contributed by atoms with Gasteiger partial charge in [0.2, 0.25) is 0 Å². The number of hydrogen-bond acceptors (Lipinski definition) is 4. The van der Waals surface area contributed by atoms with Gasteiger partial charge in [-0.05, 0) is 36.4 Å². The third-order valence-electron chi connectivity index (χ3n) is 2.16. The molecule has 18 heavy (non-hydrogen) atoms. The molecule has 5 heteroatoms. The molecule has 0 spiro atoms. The third-order valence-corrected chi connectivity index (χ3v) is 3.14. The number of nitrogens with zero attached hydrogens (tertiary/aromatic N) is 1. The fraction of sp³-hybridized carbons (Fsp3) is 0.0769. The second kappa shape index (κ2) is 6.07. The van der Waals surface area contributed by atoms with Gasteiger partial charge in [0, 0.05) is 27.9 Å². The Kier molecular flexibility index (Phi) is 4.20. The smallest absolute Gasteiger partial charge is 0.411 e. The third kappa shape index (κ3) is 3.49. The zero-order valence-corrected chi connectivity index (χ0v) is 10.6. The zero-order chi connectivity index (χ0) is 12.8. The van der Waals surface area contributed by atoms with E-state index in [0.717, 1.165) is 9.79 Å². The summed E-state index contributed by atoms with van der Waals surface area (Å²) in [5, 5.41) is 2.60. The van der Waals surface area contributed by atoms with E-state index >= 15 is 0 Å². The molecule has 1 N–H and O–H groups in total. The van der Waals surface area contributed by atoms with Crippen molar-refractivity contribution in [1.29, 1.82) is 0 Å². The SMILES string of the molecule is COC(=O)Nc1ccc(Sc2cccnc2)cc1. The molecule has 2 rings (SSSR count). The molecule has 1 aromatic carbocycles. The molecule has 0 unspecified atom stereocenters. The largest absolute Gasteiger partial charge is 0.453 e. The maximum Gasteiger partial charge on any atom is 0.411 e. The van der Waals surface area contributed by atoms with Crippen LogP contribution in [0.3, 0.4) is 0 Å². The van der Waals surface area contributed by atoms with Crippen LogP contribution in [-0.4, -0.2) is 18.2 Å². The Hall–Kier alpha value is -2.01. The average molecular weight is 260 g/mol. The number of anilines is 1. The van der Waals surface area contributed by atoms with Gasteiger partial charge in [0.15, 0.2) is 0 Å². The number of carbonyl (C=O) groups excluding carboxylic acids is 1. The van der Waals surface area contributed by atoms with Gasteiger partial charge in [0.25, 0.3) is 0 Å². The van der Waals surface area contributed by atoms with Crippen molar-refractivity contribution in [1.82, 2.24) is 4.98 Å². The van der Waals surface area contributed by atoms with Crippen molar-refractivity contribution in [2.75, 3.05) is 12.4 Å². The van der Waals surface area contributed by atoms with E-state index in [1.807, 2.05) is 42.6 Å². The molecular formula is C13H12N2O2S. The minimum absolute atomic E-state index is 0.470. The Morgan fingerprint density at radius 1 is 1.22 bits per heavy atom. The molecule has 1 heterocycles. The van der Waals surface area contributed by atoms with Gasteiger partial charge in [-0.2, -0.15) is 0 Å². The Morgan fingerprint density at radius 2 is 2.00 bits per heavy atom. The molecule has 0 bridgehead atoms. The first-order chi connectivity index (χ1) is 8.78. The molecule has 0 saturated heterocycles. The number of methoxy groups -OCH3 is 1.